The van der Waals surface area contributed by atoms with Crippen molar-refractivity contribution in [3.63, 3.8) is 0 Å². The highest BCUT2D eigenvalue weighted by Gasteiger charge is 2.26. The Morgan fingerprint density at radius 1 is 1.52 bits per heavy atom. The maximum Gasteiger partial charge on any atom is 0.245 e. The molecule has 0 unspecified atom stereocenters. The van der Waals surface area contributed by atoms with Crippen LogP contribution in [-0.2, 0) is 23.6 Å². The number of nitrogens with zero attached hydrogens (tertiary/aromatic N) is 2. The second-order valence-corrected chi connectivity index (χ2v) is 7.41. The van der Waals surface area contributed by atoms with Crippen molar-refractivity contribution in [2.45, 2.75) is 43.7 Å². The number of aromatic nitrogens is 1. The van der Waals surface area contributed by atoms with Crippen molar-refractivity contribution in [3.8, 4) is 12.3 Å². The second kappa shape index (κ2) is 6.65. The largest absolute Gasteiger partial charge is 0.352 e. The Balaban J connectivity index is 2.18. The van der Waals surface area contributed by atoms with Gasteiger partial charge in [0.2, 0.25) is 10.0 Å². The molecule has 0 aliphatic heterocycles. The molecule has 1 N–H and O–H groups in total. The van der Waals surface area contributed by atoms with Gasteiger partial charge in [-0.15, -0.1) is 6.42 Å². The van der Waals surface area contributed by atoms with E-state index < -0.39 is 10.0 Å². The average molecular weight is 309 g/mol. The first-order chi connectivity index (χ1) is 9.98. The zero-order valence-electron chi connectivity index (χ0n) is 12.7. The van der Waals surface area contributed by atoms with Gasteiger partial charge >= 0.3 is 0 Å². The Bertz CT molecular complexity index is 624. The van der Waals surface area contributed by atoms with Crippen molar-refractivity contribution in [3.05, 3.63) is 18.0 Å². The van der Waals surface area contributed by atoms with Crippen LogP contribution in [0.2, 0.25) is 0 Å². The number of terminal acetylenes is 1. The molecule has 1 aromatic rings. The second-order valence-electron chi connectivity index (χ2n) is 5.48. The average Bonchev–Trinajstić information content (AvgIpc) is 3.19. The molecule has 6 heteroatoms. The van der Waals surface area contributed by atoms with Crippen LogP contribution in [0.25, 0.3) is 0 Å². The summed E-state index contributed by atoms with van der Waals surface area (Å²) in [5.41, 5.74) is 0.970. The summed E-state index contributed by atoms with van der Waals surface area (Å²) in [5, 5.41) is 3.40. The minimum atomic E-state index is -3.51. The summed E-state index contributed by atoms with van der Waals surface area (Å²) in [5.74, 6) is 2.43. The van der Waals surface area contributed by atoms with Crippen LogP contribution in [0.3, 0.4) is 0 Å². The molecule has 1 heterocycles. The van der Waals surface area contributed by atoms with Gasteiger partial charge in [0.15, 0.2) is 0 Å². The summed E-state index contributed by atoms with van der Waals surface area (Å²) in [6.07, 6.45) is 10.1. The van der Waals surface area contributed by atoms with Crippen LogP contribution in [0, 0.1) is 12.3 Å². The van der Waals surface area contributed by atoms with Gasteiger partial charge in [0.25, 0.3) is 0 Å². The van der Waals surface area contributed by atoms with E-state index >= 15 is 0 Å². The summed E-state index contributed by atoms with van der Waals surface area (Å²) in [6, 6.07) is 2.34. The van der Waals surface area contributed by atoms with Crippen LogP contribution in [0.1, 0.15) is 31.9 Å². The molecule has 0 amide bonds. The standard InChI is InChI=1S/C15H23N3O2S/c1-4-8-18(9-5-2)21(19,20)15-10-14(17(3)12-15)11-16-13-6-7-13/h1,10,12-13,16H,5-9,11H2,2-3H3. The lowest BCUT2D eigenvalue weighted by Gasteiger charge is -2.18. The van der Waals surface area contributed by atoms with Crippen LogP contribution in [-0.4, -0.2) is 36.4 Å². The van der Waals surface area contributed by atoms with E-state index in [-0.39, 0.29) is 6.54 Å². The van der Waals surface area contributed by atoms with Crippen LogP contribution in [0.15, 0.2) is 17.2 Å². The van der Waals surface area contributed by atoms with E-state index in [9.17, 15) is 8.42 Å². The van der Waals surface area contributed by atoms with Gasteiger partial charge in [0.1, 0.15) is 4.90 Å². The molecule has 0 atom stereocenters. The molecule has 1 aliphatic carbocycles. The Kier molecular flexibility index (Phi) is 5.09. The quantitative estimate of drug-likeness (QED) is 0.737. The van der Waals surface area contributed by atoms with E-state index in [0.717, 1.165) is 12.1 Å². The van der Waals surface area contributed by atoms with Crippen LogP contribution in [0.5, 0.6) is 0 Å². The number of aryl methyl sites for hydroxylation is 1. The molecule has 0 bridgehead atoms. The van der Waals surface area contributed by atoms with Crippen molar-refractivity contribution in [1.82, 2.24) is 14.2 Å². The summed E-state index contributed by atoms with van der Waals surface area (Å²) >= 11 is 0. The molecule has 1 aromatic heterocycles. The summed E-state index contributed by atoms with van der Waals surface area (Å²) in [6.45, 7) is 3.19. The highest BCUT2D eigenvalue weighted by Crippen LogP contribution is 2.21. The van der Waals surface area contributed by atoms with Gasteiger partial charge in [-0.25, -0.2) is 8.42 Å². The highest BCUT2D eigenvalue weighted by molar-refractivity contribution is 7.89. The van der Waals surface area contributed by atoms with Crippen molar-refractivity contribution >= 4 is 10.0 Å². The first kappa shape index (κ1) is 16.1. The highest BCUT2D eigenvalue weighted by atomic mass is 32.2. The number of sulfonamides is 1. The molecule has 2 rings (SSSR count). The molecule has 0 aromatic carbocycles. The molecule has 1 fully saturated rings. The Morgan fingerprint density at radius 2 is 2.24 bits per heavy atom. The molecule has 1 aliphatic rings. The van der Waals surface area contributed by atoms with Gasteiger partial charge in [-0.3, -0.25) is 0 Å². The molecule has 5 nitrogen and oxygen atoms in total. The van der Waals surface area contributed by atoms with Crippen molar-refractivity contribution in [2.75, 3.05) is 13.1 Å². The SMILES string of the molecule is C#CCN(CCC)S(=O)(=O)c1cc(CNC2CC2)n(C)c1. The fourth-order valence-electron chi connectivity index (χ4n) is 2.21. The van der Waals surface area contributed by atoms with E-state index in [0.29, 0.717) is 24.0 Å². The van der Waals surface area contributed by atoms with Crippen molar-refractivity contribution in [2.24, 2.45) is 7.05 Å². The summed E-state index contributed by atoms with van der Waals surface area (Å²) in [7, 11) is -1.64. The fourth-order valence-corrected chi connectivity index (χ4v) is 3.76. The number of nitrogens with one attached hydrogen (secondary N) is 1. The minimum absolute atomic E-state index is 0.112. The van der Waals surface area contributed by atoms with E-state index in [1.807, 2.05) is 18.5 Å². The van der Waals surface area contributed by atoms with Gasteiger partial charge in [-0.2, -0.15) is 4.31 Å². The van der Waals surface area contributed by atoms with Crippen LogP contribution < -0.4 is 5.32 Å². The lowest BCUT2D eigenvalue weighted by molar-refractivity contribution is 0.445. The molecule has 0 saturated heterocycles. The van der Waals surface area contributed by atoms with Crippen molar-refractivity contribution < 1.29 is 8.42 Å². The smallest absolute Gasteiger partial charge is 0.245 e. The summed E-state index contributed by atoms with van der Waals surface area (Å²) in [4.78, 5) is 0.321. The third kappa shape index (κ3) is 3.88. The summed E-state index contributed by atoms with van der Waals surface area (Å²) < 4.78 is 28.5. The van der Waals surface area contributed by atoms with Gasteiger partial charge in [0.05, 0.1) is 6.54 Å². The molecular weight excluding hydrogens is 286 g/mol. The zero-order chi connectivity index (χ0) is 15.5. The Hall–Kier alpha value is -1.29. The molecule has 116 valence electrons. The molecule has 1 saturated carbocycles. The first-order valence-corrected chi connectivity index (χ1v) is 8.75. The lowest BCUT2D eigenvalue weighted by Crippen LogP contribution is -2.32. The third-order valence-electron chi connectivity index (χ3n) is 3.61. The molecule has 21 heavy (non-hydrogen) atoms. The minimum Gasteiger partial charge on any atom is -0.352 e. The van der Waals surface area contributed by atoms with E-state index in [4.69, 9.17) is 6.42 Å². The lowest BCUT2D eigenvalue weighted by atomic mass is 10.4. The van der Waals surface area contributed by atoms with Crippen molar-refractivity contribution in [1.29, 1.82) is 0 Å². The normalized spacial score (nSPS) is 15.3. The van der Waals surface area contributed by atoms with Gasteiger partial charge in [0, 0.05) is 38.1 Å². The van der Waals surface area contributed by atoms with Gasteiger partial charge in [-0.1, -0.05) is 12.8 Å². The maximum absolute atomic E-state index is 12.6. The van der Waals surface area contributed by atoms with E-state index in [1.165, 1.54) is 17.1 Å². The number of rotatable bonds is 8. The third-order valence-corrected chi connectivity index (χ3v) is 5.42. The zero-order valence-corrected chi connectivity index (χ0v) is 13.5. The first-order valence-electron chi connectivity index (χ1n) is 7.31. The van der Waals surface area contributed by atoms with Gasteiger partial charge < -0.3 is 9.88 Å². The molecular formula is C15H23N3O2S. The molecule has 0 radical (unpaired) electrons. The number of hydrogen-bond donors (Lipinski definition) is 1. The fraction of sp³-hybridized carbons (Fsp3) is 0.600. The number of hydrogen-bond acceptors (Lipinski definition) is 3. The monoisotopic (exact) mass is 309 g/mol. The predicted octanol–water partition coefficient (Wildman–Crippen LogP) is 1.31. The molecule has 0 spiro atoms. The van der Waals surface area contributed by atoms with Crippen LogP contribution in [0.4, 0.5) is 0 Å². The van der Waals surface area contributed by atoms with E-state index in [1.54, 1.807) is 12.3 Å². The van der Waals surface area contributed by atoms with Crippen LogP contribution >= 0.6 is 0 Å². The Morgan fingerprint density at radius 3 is 2.81 bits per heavy atom. The topological polar surface area (TPSA) is 54.3 Å². The van der Waals surface area contributed by atoms with Gasteiger partial charge in [-0.05, 0) is 25.3 Å². The maximum atomic E-state index is 12.6. The Labute approximate surface area is 127 Å². The van der Waals surface area contributed by atoms with E-state index in [2.05, 4.69) is 11.2 Å². The predicted molar refractivity (Wildman–Crippen MR) is 83.2 cm³/mol.